The summed E-state index contributed by atoms with van der Waals surface area (Å²) in [4.78, 5) is 78.0. The van der Waals surface area contributed by atoms with E-state index in [9.17, 15) is 24.0 Å². The molecule has 3 fully saturated rings. The summed E-state index contributed by atoms with van der Waals surface area (Å²) in [5.74, 6) is -2.41. The van der Waals surface area contributed by atoms with Crippen molar-refractivity contribution < 1.29 is 37.9 Å². The maximum atomic E-state index is 14.8. The highest BCUT2D eigenvalue weighted by molar-refractivity contribution is 6.30. The first-order chi connectivity index (χ1) is 28.6. The van der Waals surface area contributed by atoms with Crippen molar-refractivity contribution in [3.05, 3.63) is 100 Å². The second-order valence-corrected chi connectivity index (χ2v) is 16.4. The number of amides is 3. The SMILES string of the molecule is NCc1ccc(C[C@H](CC(=O)[C@@H]2C[C@@H](OC(=O)N3CCCCC3)CN2C(=O)[C@@H](Cc2cccc(Cl)c2)NC(=O)OC2CCCCC2)C(=O)c2nc3ccccc3o2)cc1. The minimum absolute atomic E-state index is 0.0234. The van der Waals surface area contributed by atoms with Gasteiger partial charge in [-0.15, -0.1) is 0 Å². The Morgan fingerprint density at radius 2 is 1.56 bits per heavy atom. The molecule has 0 unspecified atom stereocenters. The molecule has 3 aliphatic rings. The molecule has 3 N–H and O–H groups in total. The van der Waals surface area contributed by atoms with E-state index >= 15 is 0 Å². The van der Waals surface area contributed by atoms with E-state index in [1.54, 1.807) is 53.4 Å². The molecule has 13 nitrogen and oxygen atoms in total. The van der Waals surface area contributed by atoms with E-state index in [0.717, 1.165) is 62.5 Å². The number of nitrogens with one attached hydrogen (secondary N) is 1. The molecule has 1 aromatic heterocycles. The molecule has 312 valence electrons. The van der Waals surface area contributed by atoms with Crippen LogP contribution >= 0.6 is 11.6 Å². The minimum Gasteiger partial charge on any atom is -0.446 e. The van der Waals surface area contributed by atoms with Gasteiger partial charge in [-0.25, -0.2) is 14.6 Å². The summed E-state index contributed by atoms with van der Waals surface area (Å²) in [6.07, 6.45) is 4.95. The lowest BCUT2D eigenvalue weighted by molar-refractivity contribution is -0.139. The van der Waals surface area contributed by atoms with Crippen LogP contribution < -0.4 is 11.1 Å². The van der Waals surface area contributed by atoms with Gasteiger partial charge in [-0.1, -0.05) is 66.6 Å². The molecule has 7 rings (SSSR count). The van der Waals surface area contributed by atoms with Crippen molar-refractivity contribution in [1.29, 1.82) is 0 Å². The molecule has 3 heterocycles. The number of aromatic nitrogens is 1. The van der Waals surface area contributed by atoms with Gasteiger partial charge in [0.15, 0.2) is 11.4 Å². The van der Waals surface area contributed by atoms with Gasteiger partial charge < -0.3 is 34.7 Å². The number of carbonyl (C=O) groups is 5. The maximum absolute atomic E-state index is 14.8. The topological polar surface area (TPSA) is 174 Å². The van der Waals surface area contributed by atoms with Crippen molar-refractivity contribution in [1.82, 2.24) is 20.1 Å². The predicted molar refractivity (Wildman–Crippen MR) is 221 cm³/mol. The van der Waals surface area contributed by atoms with Crippen molar-refractivity contribution in [3.63, 3.8) is 0 Å². The Bertz CT molecular complexity index is 2080. The summed E-state index contributed by atoms with van der Waals surface area (Å²) in [5.41, 5.74) is 9.20. The molecule has 1 aliphatic carbocycles. The van der Waals surface area contributed by atoms with Gasteiger partial charge >= 0.3 is 12.2 Å². The van der Waals surface area contributed by atoms with Crippen LogP contribution in [-0.4, -0.2) is 88.4 Å². The molecule has 1 saturated carbocycles. The number of ether oxygens (including phenoxy) is 2. The van der Waals surface area contributed by atoms with Crippen LogP contribution in [0.3, 0.4) is 0 Å². The average molecular weight is 826 g/mol. The largest absolute Gasteiger partial charge is 0.446 e. The summed E-state index contributed by atoms with van der Waals surface area (Å²) >= 11 is 6.33. The molecule has 14 heteroatoms. The van der Waals surface area contributed by atoms with Gasteiger partial charge in [-0.2, -0.15) is 0 Å². The van der Waals surface area contributed by atoms with E-state index in [4.69, 9.17) is 31.2 Å². The number of carbonyl (C=O) groups excluding carboxylic acids is 5. The number of hydrogen-bond donors (Lipinski definition) is 2. The number of benzene rings is 3. The lowest BCUT2D eigenvalue weighted by atomic mass is 9.87. The standard InChI is InChI=1S/C45H52ClN5O8/c46-33-11-9-10-31(23-33)24-37(49-44(55)57-34-12-3-1-4-13-34)43(54)51-28-35(58-45(56)50-20-7-2-8-21-50)26-38(51)39(52)25-32(22-29-16-18-30(27-47)19-17-29)41(53)42-48-36-14-5-6-15-40(36)59-42/h5-6,9-11,14-19,23,32,34-35,37-38H,1-4,7-8,12-13,20-22,24-28,47H2,(H,49,55)/t32-,35-,37-,38+/m1/s1. The molecule has 59 heavy (non-hydrogen) atoms. The Balaban J connectivity index is 1.17. The zero-order chi connectivity index (χ0) is 41.3. The Morgan fingerprint density at radius 3 is 2.29 bits per heavy atom. The number of fused-ring (bicyclic) bond motifs is 1. The zero-order valence-electron chi connectivity index (χ0n) is 33.2. The molecule has 4 atom stereocenters. The number of para-hydroxylation sites is 2. The van der Waals surface area contributed by atoms with Crippen molar-refractivity contribution in [2.75, 3.05) is 19.6 Å². The Morgan fingerprint density at radius 1 is 0.831 bits per heavy atom. The number of oxazole rings is 1. The summed E-state index contributed by atoms with van der Waals surface area (Å²) in [5, 5.41) is 3.27. The summed E-state index contributed by atoms with van der Waals surface area (Å²) < 4.78 is 17.6. The fourth-order valence-electron chi connectivity index (χ4n) is 8.42. The van der Waals surface area contributed by atoms with Gasteiger partial charge in [-0.05, 0) is 92.3 Å². The third-order valence-corrected chi connectivity index (χ3v) is 11.8. The summed E-state index contributed by atoms with van der Waals surface area (Å²) in [7, 11) is 0. The first-order valence-electron chi connectivity index (χ1n) is 20.8. The van der Waals surface area contributed by atoms with Gasteiger partial charge in [0.2, 0.25) is 11.7 Å². The van der Waals surface area contributed by atoms with Gasteiger partial charge in [0.1, 0.15) is 23.8 Å². The lowest BCUT2D eigenvalue weighted by Gasteiger charge is -2.30. The van der Waals surface area contributed by atoms with E-state index in [-0.39, 0.29) is 44.2 Å². The van der Waals surface area contributed by atoms with Crippen LogP contribution in [0.5, 0.6) is 0 Å². The smallest absolute Gasteiger partial charge is 0.410 e. The second kappa shape index (κ2) is 19.7. The Labute approximate surface area is 348 Å². The number of likely N-dealkylation sites (tertiary alicyclic amines) is 2. The number of alkyl carbamates (subject to hydrolysis) is 1. The zero-order valence-corrected chi connectivity index (χ0v) is 33.9. The van der Waals surface area contributed by atoms with Gasteiger partial charge in [0.25, 0.3) is 5.89 Å². The van der Waals surface area contributed by atoms with E-state index < -0.39 is 53.8 Å². The molecule has 4 aromatic rings. The maximum Gasteiger partial charge on any atom is 0.410 e. The fraction of sp³-hybridized carbons (Fsp3) is 0.467. The highest BCUT2D eigenvalue weighted by Gasteiger charge is 2.45. The number of ketones is 2. The van der Waals surface area contributed by atoms with Crippen LogP contribution in [0.1, 0.15) is 91.6 Å². The first kappa shape index (κ1) is 41.9. The molecule has 2 saturated heterocycles. The van der Waals surface area contributed by atoms with Crippen molar-refractivity contribution >= 4 is 52.4 Å². The molecule has 0 bridgehead atoms. The normalized spacial score (nSPS) is 19.6. The van der Waals surface area contributed by atoms with Crippen LogP contribution in [0.2, 0.25) is 5.02 Å². The highest BCUT2D eigenvalue weighted by atomic mass is 35.5. The van der Waals surface area contributed by atoms with Crippen LogP contribution in [0.25, 0.3) is 11.1 Å². The number of rotatable bonds is 14. The van der Waals surface area contributed by atoms with Crippen LogP contribution in [0.4, 0.5) is 9.59 Å². The predicted octanol–water partition coefficient (Wildman–Crippen LogP) is 7.20. The summed E-state index contributed by atoms with van der Waals surface area (Å²) in [6, 6.07) is 19.3. The van der Waals surface area contributed by atoms with E-state index in [2.05, 4.69) is 10.3 Å². The number of hydrogen-bond acceptors (Lipinski definition) is 10. The first-order valence-corrected chi connectivity index (χ1v) is 21.2. The molecular weight excluding hydrogens is 774 g/mol. The highest BCUT2D eigenvalue weighted by Crippen LogP contribution is 2.29. The average Bonchev–Trinajstić information content (AvgIpc) is 3.89. The molecule has 0 radical (unpaired) electrons. The molecular formula is C45H52ClN5O8. The number of nitrogens with zero attached hydrogens (tertiary/aromatic N) is 3. The third kappa shape index (κ3) is 10.9. The van der Waals surface area contributed by atoms with Crippen molar-refractivity contribution in [2.24, 2.45) is 11.7 Å². The number of piperidine rings is 1. The lowest BCUT2D eigenvalue weighted by Crippen LogP contribution is -2.53. The minimum atomic E-state index is -1.14. The van der Waals surface area contributed by atoms with Crippen molar-refractivity contribution in [2.45, 2.75) is 108 Å². The quantitative estimate of drug-likeness (QED) is 0.124. The Hall–Kier alpha value is -5.27. The number of Topliss-reactive ketones (excluding diaryl/α,β-unsaturated/α-hetero) is 2. The molecule has 3 aromatic carbocycles. The number of halogens is 1. The third-order valence-electron chi connectivity index (χ3n) is 11.6. The summed E-state index contributed by atoms with van der Waals surface area (Å²) in [6.45, 7) is 1.41. The molecule has 2 aliphatic heterocycles. The van der Waals surface area contributed by atoms with Crippen molar-refractivity contribution in [3.8, 4) is 0 Å². The van der Waals surface area contributed by atoms with E-state index in [1.807, 2.05) is 24.3 Å². The van der Waals surface area contributed by atoms with E-state index in [1.165, 1.54) is 4.90 Å². The van der Waals surface area contributed by atoms with Crippen LogP contribution in [0.15, 0.2) is 77.2 Å². The van der Waals surface area contributed by atoms with Crippen LogP contribution in [-0.2, 0) is 38.4 Å². The van der Waals surface area contributed by atoms with E-state index in [0.29, 0.717) is 41.3 Å². The van der Waals surface area contributed by atoms with Crippen LogP contribution in [0, 0.1) is 5.92 Å². The number of nitrogens with two attached hydrogens (primary N) is 1. The van der Waals surface area contributed by atoms with Gasteiger partial charge in [0.05, 0.1) is 12.6 Å². The fourth-order valence-corrected chi connectivity index (χ4v) is 8.63. The van der Waals surface area contributed by atoms with Gasteiger partial charge in [-0.3, -0.25) is 14.4 Å². The second-order valence-electron chi connectivity index (χ2n) is 15.9. The monoisotopic (exact) mass is 825 g/mol. The Kier molecular flexibility index (Phi) is 13.9. The molecule has 0 spiro atoms. The van der Waals surface area contributed by atoms with Gasteiger partial charge in [0, 0.05) is 49.8 Å². The molecule has 3 amide bonds.